The van der Waals surface area contributed by atoms with E-state index >= 15 is 0 Å². The summed E-state index contributed by atoms with van der Waals surface area (Å²) in [7, 11) is 0. The van der Waals surface area contributed by atoms with Gasteiger partial charge >= 0.3 is 6.03 Å². The number of carbonyl (C=O) groups is 2. The quantitative estimate of drug-likeness (QED) is 0.580. The van der Waals surface area contributed by atoms with Crippen LogP contribution in [0.1, 0.15) is 27.5 Å². The summed E-state index contributed by atoms with van der Waals surface area (Å²) in [6.45, 7) is 2.35. The molecule has 2 aromatic rings. The molecule has 0 aromatic heterocycles. The third kappa shape index (κ3) is 4.07. The summed E-state index contributed by atoms with van der Waals surface area (Å²) in [4.78, 5) is 28.5. The first kappa shape index (κ1) is 20.1. The smallest absolute Gasteiger partial charge is 0.321 e. The van der Waals surface area contributed by atoms with Crippen LogP contribution in [0.15, 0.2) is 42.5 Å². The van der Waals surface area contributed by atoms with Gasteiger partial charge in [0, 0.05) is 24.2 Å². The van der Waals surface area contributed by atoms with Crippen LogP contribution in [0.3, 0.4) is 0 Å². The topological polar surface area (TPSA) is 91.3 Å². The van der Waals surface area contributed by atoms with E-state index in [9.17, 15) is 14.0 Å². The van der Waals surface area contributed by atoms with E-state index in [4.69, 9.17) is 14.7 Å². The van der Waals surface area contributed by atoms with Crippen molar-refractivity contribution in [1.82, 2.24) is 15.3 Å². The van der Waals surface area contributed by atoms with Crippen LogP contribution in [0.25, 0.3) is 0 Å². The zero-order valence-corrected chi connectivity index (χ0v) is 16.2. The molecule has 1 fully saturated rings. The van der Waals surface area contributed by atoms with Crippen LogP contribution in [0, 0.1) is 5.82 Å². The van der Waals surface area contributed by atoms with E-state index in [-0.39, 0.29) is 30.6 Å². The molecule has 2 N–H and O–H groups in total. The Morgan fingerprint density at radius 1 is 1.10 bits per heavy atom. The lowest BCUT2D eigenvalue weighted by molar-refractivity contribution is 0.0362. The normalized spacial score (nSPS) is 18.8. The standard InChI is InChI=1S/C21H22FN3O5/c22-17-5-3-14(4-6-17)18-13-30-19-11-15(20(26)23-28)1-2-16(19)12-25(18)21(27)24-7-9-29-10-8-24/h1-6,11,18,28H,7-10,12-13H2,(H,23,26). The van der Waals surface area contributed by atoms with Gasteiger partial charge in [0.2, 0.25) is 0 Å². The van der Waals surface area contributed by atoms with Gasteiger partial charge in [-0.25, -0.2) is 14.7 Å². The highest BCUT2D eigenvalue weighted by atomic mass is 19.1. The molecular formula is C21H22FN3O5. The van der Waals surface area contributed by atoms with Gasteiger partial charge in [-0.2, -0.15) is 0 Å². The maximum atomic E-state index is 13.5. The number of ether oxygens (including phenoxy) is 2. The lowest BCUT2D eigenvalue weighted by Gasteiger charge is -2.36. The Kier molecular flexibility index (Phi) is 5.82. The summed E-state index contributed by atoms with van der Waals surface area (Å²) in [6.07, 6.45) is 0. The second-order valence-corrected chi connectivity index (χ2v) is 7.15. The second-order valence-electron chi connectivity index (χ2n) is 7.15. The number of hydroxylamine groups is 1. The van der Waals surface area contributed by atoms with Gasteiger partial charge in [-0.05, 0) is 29.8 Å². The zero-order chi connectivity index (χ0) is 21.1. The Hall–Kier alpha value is -3.17. The van der Waals surface area contributed by atoms with Crippen molar-refractivity contribution in [2.24, 2.45) is 0 Å². The number of morpholine rings is 1. The lowest BCUT2D eigenvalue weighted by atomic mass is 10.1. The third-order valence-corrected chi connectivity index (χ3v) is 5.33. The monoisotopic (exact) mass is 415 g/mol. The molecule has 0 aliphatic carbocycles. The molecule has 8 nitrogen and oxygen atoms in total. The number of hydrogen-bond acceptors (Lipinski definition) is 5. The van der Waals surface area contributed by atoms with Gasteiger partial charge in [0.1, 0.15) is 18.2 Å². The number of halogens is 1. The number of hydrogen-bond donors (Lipinski definition) is 2. The fraction of sp³-hybridized carbons (Fsp3) is 0.333. The van der Waals surface area contributed by atoms with Crippen molar-refractivity contribution < 1.29 is 28.7 Å². The summed E-state index contributed by atoms with van der Waals surface area (Å²) in [5, 5.41) is 8.88. The summed E-state index contributed by atoms with van der Waals surface area (Å²) < 4.78 is 24.8. The van der Waals surface area contributed by atoms with Gasteiger partial charge in [0.25, 0.3) is 5.91 Å². The molecule has 30 heavy (non-hydrogen) atoms. The van der Waals surface area contributed by atoms with Crippen molar-refractivity contribution in [2.75, 3.05) is 32.9 Å². The molecule has 2 aliphatic heterocycles. The van der Waals surface area contributed by atoms with Crippen molar-refractivity contribution in [3.8, 4) is 5.75 Å². The molecule has 0 saturated carbocycles. The highest BCUT2D eigenvalue weighted by molar-refractivity contribution is 5.93. The van der Waals surface area contributed by atoms with Gasteiger partial charge in [0.05, 0.1) is 25.8 Å². The molecular weight excluding hydrogens is 393 g/mol. The van der Waals surface area contributed by atoms with E-state index < -0.39 is 11.9 Å². The molecule has 1 atom stereocenters. The zero-order valence-electron chi connectivity index (χ0n) is 16.2. The van der Waals surface area contributed by atoms with Gasteiger partial charge in [-0.1, -0.05) is 18.2 Å². The first-order valence-electron chi connectivity index (χ1n) is 9.65. The molecule has 158 valence electrons. The Morgan fingerprint density at radius 3 is 2.53 bits per heavy atom. The summed E-state index contributed by atoms with van der Waals surface area (Å²) >= 11 is 0. The van der Waals surface area contributed by atoms with Crippen LogP contribution in [-0.2, 0) is 11.3 Å². The predicted molar refractivity (Wildman–Crippen MR) is 104 cm³/mol. The van der Waals surface area contributed by atoms with E-state index in [1.54, 1.807) is 39.5 Å². The number of benzene rings is 2. The number of carbonyl (C=O) groups excluding carboxylic acids is 2. The average Bonchev–Trinajstić information content (AvgIpc) is 2.98. The third-order valence-electron chi connectivity index (χ3n) is 5.33. The van der Waals surface area contributed by atoms with Gasteiger partial charge in [-0.15, -0.1) is 0 Å². The van der Waals surface area contributed by atoms with Crippen molar-refractivity contribution in [1.29, 1.82) is 0 Å². The van der Waals surface area contributed by atoms with Crippen molar-refractivity contribution in [3.63, 3.8) is 0 Å². The minimum absolute atomic E-state index is 0.138. The summed E-state index contributed by atoms with van der Waals surface area (Å²) in [5.41, 5.74) is 3.32. The molecule has 0 radical (unpaired) electrons. The minimum atomic E-state index is -0.651. The Labute approximate surface area is 172 Å². The lowest BCUT2D eigenvalue weighted by Crippen LogP contribution is -2.49. The molecule has 2 aliphatic rings. The van der Waals surface area contributed by atoms with Crippen LogP contribution in [0.5, 0.6) is 5.75 Å². The van der Waals surface area contributed by atoms with Crippen molar-refractivity contribution in [2.45, 2.75) is 12.6 Å². The Balaban J connectivity index is 1.68. The molecule has 1 saturated heterocycles. The average molecular weight is 415 g/mol. The summed E-state index contributed by atoms with van der Waals surface area (Å²) in [5.74, 6) is -0.551. The summed E-state index contributed by atoms with van der Waals surface area (Å²) in [6, 6.07) is 10.2. The van der Waals surface area contributed by atoms with Crippen LogP contribution >= 0.6 is 0 Å². The minimum Gasteiger partial charge on any atom is -0.491 e. The highest BCUT2D eigenvalue weighted by Crippen LogP contribution is 2.33. The van der Waals surface area contributed by atoms with Gasteiger partial charge in [0.15, 0.2) is 0 Å². The molecule has 1 unspecified atom stereocenters. The molecule has 2 heterocycles. The molecule has 9 heteroatoms. The van der Waals surface area contributed by atoms with Crippen LogP contribution in [0.4, 0.5) is 9.18 Å². The van der Waals surface area contributed by atoms with E-state index in [1.807, 2.05) is 0 Å². The first-order valence-corrected chi connectivity index (χ1v) is 9.65. The second kappa shape index (κ2) is 8.68. The first-order chi connectivity index (χ1) is 14.6. The fourth-order valence-electron chi connectivity index (χ4n) is 3.68. The number of fused-ring (bicyclic) bond motifs is 1. The van der Waals surface area contributed by atoms with E-state index in [2.05, 4.69) is 0 Å². The number of nitrogens with one attached hydrogen (secondary N) is 1. The number of rotatable bonds is 2. The van der Waals surface area contributed by atoms with Crippen LogP contribution in [-0.4, -0.2) is 59.9 Å². The van der Waals surface area contributed by atoms with Crippen LogP contribution in [0.2, 0.25) is 0 Å². The van der Waals surface area contributed by atoms with Crippen molar-refractivity contribution in [3.05, 3.63) is 65.0 Å². The maximum absolute atomic E-state index is 13.5. The van der Waals surface area contributed by atoms with Gasteiger partial charge < -0.3 is 19.3 Å². The molecule has 0 bridgehead atoms. The van der Waals surface area contributed by atoms with E-state index in [1.165, 1.54) is 18.2 Å². The number of amides is 3. The molecule has 2 aromatic carbocycles. The Morgan fingerprint density at radius 2 is 1.83 bits per heavy atom. The van der Waals surface area contributed by atoms with E-state index in [0.717, 1.165) is 11.1 Å². The predicted octanol–water partition coefficient (Wildman–Crippen LogP) is 2.33. The molecule has 0 spiro atoms. The highest BCUT2D eigenvalue weighted by Gasteiger charge is 2.33. The SMILES string of the molecule is O=C(NO)c1ccc2c(c1)OCC(c1ccc(F)cc1)N(C(=O)N1CCOCC1)C2. The Bertz CT molecular complexity index is 931. The van der Waals surface area contributed by atoms with Crippen LogP contribution < -0.4 is 10.2 Å². The van der Waals surface area contributed by atoms with E-state index in [0.29, 0.717) is 32.1 Å². The molecule has 3 amide bonds. The maximum Gasteiger partial charge on any atom is 0.321 e. The number of nitrogens with zero attached hydrogens (tertiary/aromatic N) is 2. The van der Waals surface area contributed by atoms with Gasteiger partial charge in [-0.3, -0.25) is 10.0 Å². The number of urea groups is 1. The molecule has 4 rings (SSSR count). The van der Waals surface area contributed by atoms with Crippen molar-refractivity contribution >= 4 is 11.9 Å². The largest absolute Gasteiger partial charge is 0.491 e. The fourth-order valence-corrected chi connectivity index (χ4v) is 3.68.